The fourth-order valence-corrected chi connectivity index (χ4v) is 4.46. The van der Waals surface area contributed by atoms with Crippen LogP contribution in [0, 0.1) is 13.8 Å². The highest BCUT2D eigenvalue weighted by Crippen LogP contribution is 2.30. The van der Waals surface area contributed by atoms with E-state index in [1.807, 2.05) is 17.2 Å². The van der Waals surface area contributed by atoms with Gasteiger partial charge in [-0.15, -0.1) is 0 Å². The highest BCUT2D eigenvalue weighted by Gasteiger charge is 2.28. The Morgan fingerprint density at radius 3 is 2.81 bits per heavy atom. The zero-order chi connectivity index (χ0) is 19.0. The number of hydrogen-bond acceptors (Lipinski definition) is 4. The molecule has 0 bridgehead atoms. The number of amides is 2. The molecule has 0 radical (unpaired) electrons. The van der Waals surface area contributed by atoms with E-state index in [0.717, 1.165) is 56.6 Å². The Balaban J connectivity index is 1.31. The molecule has 4 rings (SSSR count). The van der Waals surface area contributed by atoms with Crippen molar-refractivity contribution < 1.29 is 4.79 Å². The Kier molecular flexibility index (Phi) is 4.76. The molecule has 3 heterocycles. The van der Waals surface area contributed by atoms with Crippen molar-refractivity contribution >= 4 is 11.8 Å². The molecule has 4 N–H and O–H groups in total. The number of carbonyl (C=O) groups excluding carboxylic acids is 1. The zero-order valence-electron chi connectivity index (χ0n) is 16.1. The number of pyridine rings is 1. The van der Waals surface area contributed by atoms with E-state index in [9.17, 15) is 4.79 Å². The van der Waals surface area contributed by atoms with Gasteiger partial charge in [-0.3, -0.25) is 5.10 Å². The predicted molar refractivity (Wildman–Crippen MR) is 105 cm³/mol. The lowest BCUT2D eigenvalue weighted by molar-refractivity contribution is 0.176. The van der Waals surface area contributed by atoms with Gasteiger partial charge >= 0.3 is 6.03 Å². The SMILES string of the molecule is Cc1cc(N)ncc1C1CCN(C(=O)NC2CCc3c(n[nH]c3C)C2)CC1. The van der Waals surface area contributed by atoms with Crippen LogP contribution in [-0.2, 0) is 12.8 Å². The summed E-state index contributed by atoms with van der Waals surface area (Å²) >= 11 is 0. The summed E-state index contributed by atoms with van der Waals surface area (Å²) in [7, 11) is 0. The maximum atomic E-state index is 12.7. The number of anilines is 1. The number of H-pyrrole nitrogens is 1. The van der Waals surface area contributed by atoms with E-state index >= 15 is 0 Å². The standard InChI is InChI=1S/C20H28N6O/c1-12-9-19(21)22-11-17(12)14-5-7-26(8-6-14)20(27)23-15-3-4-16-13(2)24-25-18(16)10-15/h9,11,14-15H,3-8,10H2,1-2H3,(H2,21,22)(H,23,27)(H,24,25). The Labute approximate surface area is 159 Å². The maximum Gasteiger partial charge on any atom is 0.317 e. The first-order chi connectivity index (χ1) is 13.0. The number of nitrogen functional groups attached to an aromatic ring is 1. The number of aromatic nitrogens is 3. The summed E-state index contributed by atoms with van der Waals surface area (Å²) in [5.74, 6) is 1.02. The fraction of sp³-hybridized carbons (Fsp3) is 0.550. The Hall–Kier alpha value is -2.57. The van der Waals surface area contributed by atoms with Crippen molar-refractivity contribution in [3.05, 3.63) is 40.3 Å². The summed E-state index contributed by atoms with van der Waals surface area (Å²) in [5, 5.41) is 10.7. The Bertz CT molecular complexity index is 837. The molecule has 2 amide bonds. The molecule has 0 spiro atoms. The topological polar surface area (TPSA) is 99.9 Å². The number of hydrogen-bond donors (Lipinski definition) is 3. The molecule has 7 heteroatoms. The summed E-state index contributed by atoms with van der Waals surface area (Å²) in [6.45, 7) is 5.70. The van der Waals surface area contributed by atoms with Gasteiger partial charge in [0, 0.05) is 37.4 Å². The highest BCUT2D eigenvalue weighted by molar-refractivity contribution is 5.74. The first kappa shape index (κ1) is 17.8. The molecule has 1 unspecified atom stereocenters. The van der Waals surface area contributed by atoms with Gasteiger partial charge in [0.2, 0.25) is 0 Å². The molecule has 1 atom stereocenters. The van der Waals surface area contributed by atoms with Gasteiger partial charge in [0.25, 0.3) is 0 Å². The van der Waals surface area contributed by atoms with E-state index in [1.54, 1.807) is 0 Å². The Morgan fingerprint density at radius 1 is 1.30 bits per heavy atom. The number of nitrogens with zero attached hydrogens (tertiary/aromatic N) is 3. The third kappa shape index (κ3) is 3.63. The molecule has 2 aromatic rings. The van der Waals surface area contributed by atoms with Crippen LogP contribution in [0.5, 0.6) is 0 Å². The number of fused-ring (bicyclic) bond motifs is 1. The molecule has 0 saturated carbocycles. The van der Waals surface area contributed by atoms with Crippen LogP contribution in [0.3, 0.4) is 0 Å². The van der Waals surface area contributed by atoms with Gasteiger partial charge in [0.15, 0.2) is 0 Å². The van der Waals surface area contributed by atoms with Gasteiger partial charge in [-0.1, -0.05) is 0 Å². The van der Waals surface area contributed by atoms with Crippen LogP contribution in [0.15, 0.2) is 12.3 Å². The van der Waals surface area contributed by atoms with Gasteiger partial charge in [-0.05, 0) is 68.2 Å². The molecule has 27 heavy (non-hydrogen) atoms. The predicted octanol–water partition coefficient (Wildman–Crippen LogP) is 2.45. The van der Waals surface area contributed by atoms with E-state index in [-0.39, 0.29) is 12.1 Å². The van der Waals surface area contributed by atoms with Gasteiger partial charge in [-0.2, -0.15) is 5.10 Å². The zero-order valence-corrected chi connectivity index (χ0v) is 16.1. The van der Waals surface area contributed by atoms with Crippen molar-refractivity contribution in [1.82, 2.24) is 25.4 Å². The first-order valence-corrected chi connectivity index (χ1v) is 9.81. The van der Waals surface area contributed by atoms with Crippen LogP contribution < -0.4 is 11.1 Å². The van der Waals surface area contributed by atoms with Gasteiger partial charge < -0.3 is 16.0 Å². The molecule has 1 aliphatic heterocycles. The maximum absolute atomic E-state index is 12.7. The molecule has 2 aliphatic rings. The minimum absolute atomic E-state index is 0.0568. The molecular weight excluding hydrogens is 340 g/mol. The van der Waals surface area contributed by atoms with Crippen molar-refractivity contribution in [3.8, 4) is 0 Å². The van der Waals surface area contributed by atoms with Gasteiger partial charge in [-0.25, -0.2) is 9.78 Å². The lowest BCUT2D eigenvalue weighted by Gasteiger charge is -2.34. The number of likely N-dealkylation sites (tertiary alicyclic amines) is 1. The summed E-state index contributed by atoms with van der Waals surface area (Å²) in [5.41, 5.74) is 11.8. The number of aryl methyl sites for hydroxylation is 2. The second-order valence-electron chi connectivity index (χ2n) is 7.89. The number of carbonyl (C=O) groups is 1. The van der Waals surface area contributed by atoms with E-state index in [1.165, 1.54) is 16.7 Å². The van der Waals surface area contributed by atoms with Crippen molar-refractivity contribution in [2.75, 3.05) is 18.8 Å². The number of aromatic amines is 1. The minimum atomic E-state index is 0.0568. The lowest BCUT2D eigenvalue weighted by atomic mass is 9.88. The van der Waals surface area contributed by atoms with E-state index in [4.69, 9.17) is 5.73 Å². The normalized spacial score (nSPS) is 20.4. The molecule has 144 valence electrons. The molecule has 1 fully saturated rings. The van der Waals surface area contributed by atoms with Crippen LogP contribution in [0.4, 0.5) is 10.6 Å². The van der Waals surface area contributed by atoms with Crippen molar-refractivity contribution in [3.63, 3.8) is 0 Å². The van der Waals surface area contributed by atoms with E-state index in [0.29, 0.717) is 11.7 Å². The smallest absolute Gasteiger partial charge is 0.317 e. The van der Waals surface area contributed by atoms with Crippen molar-refractivity contribution in [2.24, 2.45) is 0 Å². The molecule has 7 nitrogen and oxygen atoms in total. The van der Waals surface area contributed by atoms with Crippen LogP contribution in [0.1, 0.15) is 53.3 Å². The van der Waals surface area contributed by atoms with Crippen LogP contribution in [0.25, 0.3) is 0 Å². The summed E-state index contributed by atoms with van der Waals surface area (Å²) in [6, 6.07) is 2.16. The second kappa shape index (κ2) is 7.21. The highest BCUT2D eigenvalue weighted by atomic mass is 16.2. The van der Waals surface area contributed by atoms with Gasteiger partial charge in [0.1, 0.15) is 5.82 Å². The largest absolute Gasteiger partial charge is 0.384 e. The fourth-order valence-electron chi connectivity index (χ4n) is 4.46. The van der Waals surface area contributed by atoms with Gasteiger partial charge in [0.05, 0.1) is 5.69 Å². The molecule has 2 aromatic heterocycles. The minimum Gasteiger partial charge on any atom is -0.384 e. The number of piperidine rings is 1. The van der Waals surface area contributed by atoms with Crippen molar-refractivity contribution in [1.29, 1.82) is 0 Å². The number of rotatable bonds is 2. The number of nitrogens with two attached hydrogens (primary N) is 1. The molecular formula is C20H28N6O. The van der Waals surface area contributed by atoms with E-state index < -0.39 is 0 Å². The second-order valence-corrected chi connectivity index (χ2v) is 7.89. The molecule has 0 aromatic carbocycles. The monoisotopic (exact) mass is 368 g/mol. The van der Waals surface area contributed by atoms with Crippen LogP contribution in [-0.4, -0.2) is 45.2 Å². The van der Waals surface area contributed by atoms with E-state index in [2.05, 4.69) is 34.3 Å². The lowest BCUT2D eigenvalue weighted by Crippen LogP contribution is -2.49. The number of nitrogens with one attached hydrogen (secondary N) is 2. The first-order valence-electron chi connectivity index (χ1n) is 9.81. The summed E-state index contributed by atoms with van der Waals surface area (Å²) in [6.07, 6.45) is 6.61. The number of urea groups is 1. The van der Waals surface area contributed by atoms with Crippen LogP contribution >= 0.6 is 0 Å². The average Bonchev–Trinajstić information content (AvgIpc) is 3.02. The molecule has 1 aliphatic carbocycles. The third-order valence-electron chi connectivity index (χ3n) is 6.06. The average molecular weight is 368 g/mol. The molecule has 1 saturated heterocycles. The van der Waals surface area contributed by atoms with Crippen molar-refractivity contribution in [2.45, 2.75) is 57.9 Å². The summed E-state index contributed by atoms with van der Waals surface area (Å²) < 4.78 is 0. The summed E-state index contributed by atoms with van der Waals surface area (Å²) in [4.78, 5) is 18.9. The Morgan fingerprint density at radius 2 is 2.07 bits per heavy atom. The third-order valence-corrected chi connectivity index (χ3v) is 6.06. The van der Waals surface area contributed by atoms with Crippen LogP contribution in [0.2, 0.25) is 0 Å². The quantitative estimate of drug-likeness (QED) is 0.758.